The Hall–Kier alpha value is -1.20. The molecule has 0 spiro atoms. The lowest BCUT2D eigenvalue weighted by molar-refractivity contribution is -0.169. The Kier molecular flexibility index (Phi) is 6.32. The third-order valence-corrected chi connectivity index (χ3v) is 4.54. The topological polar surface area (TPSA) is 83.8 Å². The molecule has 0 aliphatic carbocycles. The molecule has 1 rings (SSSR count). The van der Waals surface area contributed by atoms with Crippen molar-refractivity contribution >= 4 is 11.8 Å². The Morgan fingerprint density at radius 3 is 2.45 bits per heavy atom. The summed E-state index contributed by atoms with van der Waals surface area (Å²) in [6, 6.07) is 0. The molecule has 0 fully saturated rings. The van der Waals surface area contributed by atoms with Crippen molar-refractivity contribution in [3.63, 3.8) is 0 Å². The van der Waals surface area contributed by atoms with Crippen LogP contribution in [-0.4, -0.2) is 39.8 Å². The van der Waals surface area contributed by atoms with E-state index in [1.165, 1.54) is 19.1 Å². The van der Waals surface area contributed by atoms with E-state index in [2.05, 4.69) is 0 Å². The Labute approximate surface area is 132 Å². The molecule has 1 aliphatic heterocycles. The molecule has 5 heteroatoms. The second kappa shape index (κ2) is 7.38. The predicted molar refractivity (Wildman–Crippen MR) is 83.1 cm³/mol. The summed E-state index contributed by atoms with van der Waals surface area (Å²) in [7, 11) is 0. The van der Waals surface area contributed by atoms with E-state index in [-0.39, 0.29) is 17.6 Å². The normalized spacial score (nSPS) is 43.0. The Morgan fingerprint density at radius 2 is 1.91 bits per heavy atom. The molecule has 1 unspecified atom stereocenters. The molecule has 0 bridgehead atoms. The van der Waals surface area contributed by atoms with Gasteiger partial charge in [-0.15, -0.1) is 0 Å². The molecular formula is C17H28O5. The highest BCUT2D eigenvalue weighted by atomic mass is 16.6. The Bertz CT molecular complexity index is 440. The van der Waals surface area contributed by atoms with E-state index in [4.69, 9.17) is 4.74 Å². The van der Waals surface area contributed by atoms with Crippen LogP contribution in [-0.2, 0) is 14.3 Å². The number of hydrogen-bond acceptors (Lipinski definition) is 5. The first-order valence-corrected chi connectivity index (χ1v) is 7.94. The van der Waals surface area contributed by atoms with Crippen LogP contribution < -0.4 is 0 Å². The number of hydrogen-bond donors (Lipinski definition) is 2. The number of ether oxygens (including phenoxy) is 1. The van der Waals surface area contributed by atoms with E-state index in [9.17, 15) is 19.8 Å². The number of ketones is 1. The van der Waals surface area contributed by atoms with Crippen molar-refractivity contribution in [1.82, 2.24) is 0 Å². The van der Waals surface area contributed by atoms with Gasteiger partial charge in [0.15, 0.2) is 5.78 Å². The van der Waals surface area contributed by atoms with E-state index in [0.717, 1.165) is 0 Å². The quantitative estimate of drug-likeness (QED) is 0.722. The molecule has 0 amide bonds. The average molecular weight is 312 g/mol. The maximum atomic E-state index is 12.2. The highest BCUT2D eigenvalue weighted by Gasteiger charge is 2.36. The van der Waals surface area contributed by atoms with Crippen LogP contribution in [0.1, 0.15) is 47.5 Å². The van der Waals surface area contributed by atoms with Gasteiger partial charge in [-0.1, -0.05) is 20.8 Å². The first kappa shape index (κ1) is 18.8. The molecule has 0 saturated heterocycles. The zero-order valence-corrected chi connectivity index (χ0v) is 14.1. The molecule has 1 heterocycles. The lowest BCUT2D eigenvalue weighted by atomic mass is 9.84. The van der Waals surface area contributed by atoms with Gasteiger partial charge >= 0.3 is 5.97 Å². The predicted octanol–water partition coefficient (Wildman–Crippen LogP) is 1.86. The van der Waals surface area contributed by atoms with Crippen molar-refractivity contribution in [2.24, 2.45) is 17.8 Å². The van der Waals surface area contributed by atoms with Gasteiger partial charge in [0.1, 0.15) is 11.7 Å². The zero-order chi connectivity index (χ0) is 17.1. The van der Waals surface area contributed by atoms with Crippen LogP contribution in [0.25, 0.3) is 0 Å². The average Bonchev–Trinajstić information content (AvgIpc) is 2.47. The zero-order valence-electron chi connectivity index (χ0n) is 14.1. The molecule has 0 radical (unpaired) electrons. The molecule has 2 N–H and O–H groups in total. The standard InChI is InChI=1S/C17H28O5/c1-6-14-17(5,21)8-7-13(18)10(2)9-11(3)15(19)12(4)16(20)22-14/h7-8,10-12,14-15,19,21H,6,9H2,1-5H3/b8-7+/t10-,11?,12-,14-,15+,17+/m1/s1. The third kappa shape index (κ3) is 4.40. The van der Waals surface area contributed by atoms with Crippen molar-refractivity contribution in [2.75, 3.05) is 0 Å². The van der Waals surface area contributed by atoms with E-state index >= 15 is 0 Å². The fraction of sp³-hybridized carbons (Fsp3) is 0.765. The number of aliphatic hydroxyl groups is 2. The number of esters is 1. The van der Waals surface area contributed by atoms with Gasteiger partial charge < -0.3 is 14.9 Å². The monoisotopic (exact) mass is 312 g/mol. The van der Waals surface area contributed by atoms with Crippen LogP contribution in [0.3, 0.4) is 0 Å². The van der Waals surface area contributed by atoms with Crippen molar-refractivity contribution in [3.05, 3.63) is 12.2 Å². The number of cyclic esters (lactones) is 1. The second-order valence-corrected chi connectivity index (χ2v) is 6.69. The number of rotatable bonds is 1. The first-order chi connectivity index (χ1) is 10.1. The maximum absolute atomic E-state index is 12.2. The van der Waals surface area contributed by atoms with E-state index < -0.39 is 29.7 Å². The summed E-state index contributed by atoms with van der Waals surface area (Å²) >= 11 is 0. The van der Waals surface area contributed by atoms with Crippen LogP contribution in [0, 0.1) is 17.8 Å². The first-order valence-electron chi connectivity index (χ1n) is 7.94. The van der Waals surface area contributed by atoms with Crippen molar-refractivity contribution in [2.45, 2.75) is 65.3 Å². The lowest BCUT2D eigenvalue weighted by Crippen LogP contribution is -2.44. The summed E-state index contributed by atoms with van der Waals surface area (Å²) in [4.78, 5) is 24.3. The van der Waals surface area contributed by atoms with Crippen molar-refractivity contribution in [1.29, 1.82) is 0 Å². The van der Waals surface area contributed by atoms with Gasteiger partial charge in [-0.25, -0.2) is 0 Å². The molecule has 0 aromatic rings. The van der Waals surface area contributed by atoms with Crippen LogP contribution in [0.4, 0.5) is 0 Å². The highest BCUT2D eigenvalue weighted by molar-refractivity contribution is 5.91. The minimum absolute atomic E-state index is 0.103. The lowest BCUT2D eigenvalue weighted by Gasteiger charge is -2.32. The summed E-state index contributed by atoms with van der Waals surface area (Å²) in [6.07, 6.45) is 2.00. The summed E-state index contributed by atoms with van der Waals surface area (Å²) in [5.74, 6) is -1.81. The molecule has 5 nitrogen and oxygen atoms in total. The smallest absolute Gasteiger partial charge is 0.311 e. The van der Waals surface area contributed by atoms with Gasteiger partial charge in [0, 0.05) is 5.92 Å². The number of carbonyl (C=O) groups is 2. The molecule has 0 saturated carbocycles. The van der Waals surface area contributed by atoms with E-state index in [1.54, 1.807) is 20.8 Å². The summed E-state index contributed by atoms with van der Waals surface area (Å²) in [6.45, 7) is 8.52. The fourth-order valence-corrected chi connectivity index (χ4v) is 2.83. The van der Waals surface area contributed by atoms with Gasteiger partial charge in [0.2, 0.25) is 0 Å². The van der Waals surface area contributed by atoms with Gasteiger partial charge in [0.05, 0.1) is 12.0 Å². The van der Waals surface area contributed by atoms with Crippen molar-refractivity contribution < 1.29 is 24.5 Å². The number of carbonyl (C=O) groups excluding carboxylic acids is 2. The summed E-state index contributed by atoms with van der Waals surface area (Å²) in [5, 5.41) is 20.8. The SMILES string of the molecule is CC[C@H]1OC(=O)[C@H](C)[C@@H](O)C(C)C[C@@H](C)C(=O)/C=C/[C@]1(C)O. The highest BCUT2D eigenvalue weighted by Crippen LogP contribution is 2.26. The minimum atomic E-state index is -1.42. The Balaban J connectivity index is 3.16. The van der Waals surface area contributed by atoms with Gasteiger partial charge in [0.25, 0.3) is 0 Å². The molecule has 1 aliphatic rings. The van der Waals surface area contributed by atoms with Crippen LogP contribution in [0.5, 0.6) is 0 Å². The van der Waals surface area contributed by atoms with Crippen LogP contribution in [0.2, 0.25) is 0 Å². The summed E-state index contributed by atoms with van der Waals surface area (Å²) in [5.41, 5.74) is -1.42. The largest absolute Gasteiger partial charge is 0.459 e. The van der Waals surface area contributed by atoms with Gasteiger partial charge in [-0.05, 0) is 44.8 Å². The Morgan fingerprint density at radius 1 is 1.32 bits per heavy atom. The molecule has 0 aromatic heterocycles. The summed E-state index contributed by atoms with van der Waals surface area (Å²) < 4.78 is 5.37. The van der Waals surface area contributed by atoms with E-state index in [1.807, 2.05) is 6.92 Å². The molecule has 6 atom stereocenters. The molecular weight excluding hydrogens is 284 g/mol. The molecule has 126 valence electrons. The van der Waals surface area contributed by atoms with E-state index in [0.29, 0.717) is 12.8 Å². The maximum Gasteiger partial charge on any atom is 0.311 e. The van der Waals surface area contributed by atoms with Crippen LogP contribution >= 0.6 is 0 Å². The molecule has 22 heavy (non-hydrogen) atoms. The minimum Gasteiger partial charge on any atom is -0.459 e. The van der Waals surface area contributed by atoms with Crippen molar-refractivity contribution in [3.8, 4) is 0 Å². The number of aliphatic hydroxyl groups excluding tert-OH is 1. The van der Waals surface area contributed by atoms with Gasteiger partial charge in [-0.2, -0.15) is 0 Å². The number of allylic oxidation sites excluding steroid dienone is 1. The third-order valence-electron chi connectivity index (χ3n) is 4.54. The van der Waals surface area contributed by atoms with Gasteiger partial charge in [-0.3, -0.25) is 9.59 Å². The van der Waals surface area contributed by atoms with Crippen LogP contribution in [0.15, 0.2) is 12.2 Å². The fourth-order valence-electron chi connectivity index (χ4n) is 2.83. The second-order valence-electron chi connectivity index (χ2n) is 6.69. The molecule has 0 aromatic carbocycles.